The van der Waals surface area contributed by atoms with Crippen LogP contribution < -0.4 is 5.32 Å². The summed E-state index contributed by atoms with van der Waals surface area (Å²) in [6.07, 6.45) is 0. The third-order valence-electron chi connectivity index (χ3n) is 3.63. The topological polar surface area (TPSA) is 72.5 Å². The second-order valence-electron chi connectivity index (χ2n) is 5.22. The van der Waals surface area contributed by atoms with E-state index in [1.165, 1.54) is 0 Å². The zero-order valence-corrected chi connectivity index (χ0v) is 13.9. The molecule has 1 fully saturated rings. The van der Waals surface area contributed by atoms with E-state index in [-0.39, 0.29) is 11.8 Å². The van der Waals surface area contributed by atoms with Crippen LogP contribution in [0, 0.1) is 6.92 Å². The van der Waals surface area contributed by atoms with Crippen molar-refractivity contribution in [1.29, 1.82) is 0 Å². The van der Waals surface area contributed by atoms with E-state index in [2.05, 4.69) is 5.32 Å². The highest BCUT2D eigenvalue weighted by Gasteiger charge is 2.41. The van der Waals surface area contributed by atoms with Crippen LogP contribution in [0.5, 0.6) is 0 Å². The van der Waals surface area contributed by atoms with Gasteiger partial charge >= 0.3 is 0 Å². The van der Waals surface area contributed by atoms with Gasteiger partial charge in [0.2, 0.25) is 0 Å². The molecular formula is C14H21NO4S2. The van der Waals surface area contributed by atoms with Gasteiger partial charge in [0.1, 0.15) is 0 Å². The fraction of sp³-hybridized carbons (Fsp3) is 0.571. The van der Waals surface area contributed by atoms with Gasteiger partial charge in [0.25, 0.3) is 0 Å². The first-order chi connectivity index (χ1) is 9.95. The highest BCUT2D eigenvalue weighted by atomic mass is 32.2. The molecule has 7 heteroatoms. The van der Waals surface area contributed by atoms with Gasteiger partial charge in [0, 0.05) is 42.0 Å². The monoisotopic (exact) mass is 331 g/mol. The Morgan fingerprint density at radius 2 is 1.95 bits per heavy atom. The molecule has 21 heavy (non-hydrogen) atoms. The molecule has 1 aromatic carbocycles. The van der Waals surface area contributed by atoms with Crippen LogP contribution >= 0.6 is 0 Å². The molecule has 3 atom stereocenters. The summed E-state index contributed by atoms with van der Waals surface area (Å²) in [5.41, 5.74) is 1.01. The Kier molecular flexibility index (Phi) is 5.54. The minimum Gasteiger partial charge on any atom is -0.383 e. The number of hydrogen-bond acceptors (Lipinski definition) is 5. The van der Waals surface area contributed by atoms with E-state index >= 15 is 0 Å². The minimum atomic E-state index is -3.47. The quantitative estimate of drug-likeness (QED) is 0.769. The number of nitrogens with one attached hydrogen (secondary N) is 1. The molecule has 0 radical (unpaired) electrons. The van der Waals surface area contributed by atoms with Crippen molar-refractivity contribution in [3.63, 3.8) is 0 Å². The number of aryl methyl sites for hydroxylation is 1. The standard InChI is InChI=1S/C14H21NO4S2/c1-11-3-5-12(6-4-11)21(17,18)14-10-20(16)9-13(14)15-7-8-19-2/h3-6,13-15H,7-10H2,1-2H3/t13-,14-,20?/m0/s1. The maximum atomic E-state index is 12.7. The zero-order valence-electron chi connectivity index (χ0n) is 12.2. The van der Waals surface area contributed by atoms with Crippen LogP contribution in [-0.2, 0) is 25.4 Å². The van der Waals surface area contributed by atoms with E-state index < -0.39 is 25.9 Å². The Morgan fingerprint density at radius 3 is 2.57 bits per heavy atom. The van der Waals surface area contributed by atoms with Crippen LogP contribution in [0.25, 0.3) is 0 Å². The average Bonchev–Trinajstić information content (AvgIpc) is 2.81. The lowest BCUT2D eigenvalue weighted by molar-refractivity contribution is 0.196. The number of benzene rings is 1. The van der Waals surface area contributed by atoms with E-state index in [0.29, 0.717) is 23.8 Å². The molecule has 0 bridgehead atoms. The number of rotatable bonds is 6. The molecule has 0 saturated carbocycles. The zero-order chi connectivity index (χ0) is 15.5. The molecule has 1 heterocycles. The van der Waals surface area contributed by atoms with Gasteiger partial charge < -0.3 is 10.1 Å². The molecular weight excluding hydrogens is 310 g/mol. The summed E-state index contributed by atoms with van der Waals surface area (Å²) in [7, 11) is -2.97. The molecule has 0 aromatic heterocycles. The highest BCUT2D eigenvalue weighted by Crippen LogP contribution is 2.24. The second-order valence-corrected chi connectivity index (χ2v) is 8.94. The fourth-order valence-electron chi connectivity index (χ4n) is 2.42. The van der Waals surface area contributed by atoms with Crippen molar-refractivity contribution < 1.29 is 17.4 Å². The summed E-state index contributed by atoms with van der Waals surface area (Å²) in [4.78, 5) is 0.301. The van der Waals surface area contributed by atoms with Gasteiger partial charge in [-0.1, -0.05) is 17.7 Å². The van der Waals surface area contributed by atoms with Crippen LogP contribution in [0.15, 0.2) is 29.2 Å². The number of hydrogen-bond donors (Lipinski definition) is 1. The third-order valence-corrected chi connectivity index (χ3v) is 7.52. The lowest BCUT2D eigenvalue weighted by Gasteiger charge is -2.20. The summed E-state index contributed by atoms with van der Waals surface area (Å²) in [5, 5.41) is 2.51. The predicted octanol–water partition coefficient (Wildman–Crippen LogP) is 0.504. The van der Waals surface area contributed by atoms with Crippen LogP contribution in [0.1, 0.15) is 5.56 Å². The van der Waals surface area contributed by atoms with Crippen molar-refractivity contribution in [2.24, 2.45) is 0 Å². The summed E-state index contributed by atoms with van der Waals surface area (Å²) >= 11 is 0. The Bertz CT molecular complexity index is 598. The van der Waals surface area contributed by atoms with Gasteiger partial charge in [-0.25, -0.2) is 8.42 Å². The lowest BCUT2D eigenvalue weighted by atomic mass is 10.2. The largest absolute Gasteiger partial charge is 0.383 e. The Morgan fingerprint density at radius 1 is 1.29 bits per heavy atom. The number of ether oxygens (including phenoxy) is 1. The molecule has 1 N–H and O–H groups in total. The van der Waals surface area contributed by atoms with Crippen LogP contribution in [0.2, 0.25) is 0 Å². The number of methoxy groups -OCH3 is 1. The summed E-state index contributed by atoms with van der Waals surface area (Å²) in [5.74, 6) is 0.570. The Hall–Kier alpha value is -0.760. The normalized spacial score (nSPS) is 26.1. The van der Waals surface area contributed by atoms with E-state index in [4.69, 9.17) is 4.74 Å². The molecule has 5 nitrogen and oxygen atoms in total. The van der Waals surface area contributed by atoms with Gasteiger partial charge in [-0.15, -0.1) is 0 Å². The molecule has 1 saturated heterocycles. The van der Waals surface area contributed by atoms with E-state index in [1.54, 1.807) is 31.4 Å². The van der Waals surface area contributed by atoms with E-state index in [9.17, 15) is 12.6 Å². The first-order valence-electron chi connectivity index (χ1n) is 6.83. The second kappa shape index (κ2) is 7.00. The molecule has 2 rings (SSSR count). The van der Waals surface area contributed by atoms with Crippen LogP contribution in [-0.4, -0.2) is 55.7 Å². The molecule has 1 aliphatic heterocycles. The first kappa shape index (κ1) is 16.6. The SMILES string of the molecule is COCCN[C@H]1CS(=O)C[C@@H]1S(=O)(=O)c1ccc(C)cc1. The van der Waals surface area contributed by atoms with E-state index in [0.717, 1.165) is 5.56 Å². The first-order valence-corrected chi connectivity index (χ1v) is 9.86. The van der Waals surface area contributed by atoms with Crippen molar-refractivity contribution in [2.45, 2.75) is 23.1 Å². The summed E-state index contributed by atoms with van der Waals surface area (Å²) in [6, 6.07) is 6.53. The van der Waals surface area contributed by atoms with Crippen molar-refractivity contribution in [3.05, 3.63) is 29.8 Å². The molecule has 1 unspecified atom stereocenters. The van der Waals surface area contributed by atoms with Crippen molar-refractivity contribution in [1.82, 2.24) is 5.32 Å². The smallest absolute Gasteiger partial charge is 0.183 e. The third kappa shape index (κ3) is 3.91. The van der Waals surface area contributed by atoms with Crippen LogP contribution in [0.3, 0.4) is 0 Å². The van der Waals surface area contributed by atoms with Crippen molar-refractivity contribution in [3.8, 4) is 0 Å². The van der Waals surface area contributed by atoms with Gasteiger partial charge in [0.05, 0.1) is 16.8 Å². The molecule has 118 valence electrons. The molecule has 1 aromatic rings. The fourth-order valence-corrected chi connectivity index (χ4v) is 6.69. The van der Waals surface area contributed by atoms with Gasteiger partial charge in [-0.3, -0.25) is 4.21 Å². The van der Waals surface area contributed by atoms with Gasteiger partial charge in [-0.05, 0) is 19.1 Å². The lowest BCUT2D eigenvalue weighted by Crippen LogP contribution is -2.44. The number of sulfone groups is 1. The van der Waals surface area contributed by atoms with Gasteiger partial charge in [0.15, 0.2) is 9.84 Å². The highest BCUT2D eigenvalue weighted by molar-refractivity contribution is 7.94. The molecule has 1 aliphatic rings. The van der Waals surface area contributed by atoms with Crippen molar-refractivity contribution in [2.75, 3.05) is 31.8 Å². The maximum Gasteiger partial charge on any atom is 0.183 e. The van der Waals surface area contributed by atoms with Crippen LogP contribution in [0.4, 0.5) is 0 Å². The average molecular weight is 331 g/mol. The Labute approximate surface area is 128 Å². The predicted molar refractivity (Wildman–Crippen MR) is 83.7 cm³/mol. The summed E-state index contributed by atoms with van der Waals surface area (Å²) in [6.45, 7) is 2.97. The molecule has 0 spiro atoms. The van der Waals surface area contributed by atoms with Crippen molar-refractivity contribution >= 4 is 20.6 Å². The summed E-state index contributed by atoms with van der Waals surface area (Å²) < 4.78 is 42.2. The molecule has 0 amide bonds. The minimum absolute atomic E-state index is 0.195. The molecule has 0 aliphatic carbocycles. The Balaban J connectivity index is 2.20. The maximum absolute atomic E-state index is 12.7. The van der Waals surface area contributed by atoms with Gasteiger partial charge in [-0.2, -0.15) is 0 Å². The van der Waals surface area contributed by atoms with E-state index in [1.807, 2.05) is 6.92 Å².